The number of hydrogen-bond donors (Lipinski definition) is 0. The number of imidazole rings is 1. The van der Waals surface area contributed by atoms with E-state index in [0.29, 0.717) is 13.0 Å². The first-order valence-corrected chi connectivity index (χ1v) is 5.58. The third kappa shape index (κ3) is 1.74. The quantitative estimate of drug-likeness (QED) is 0.701. The Morgan fingerprint density at radius 1 is 1.33 bits per heavy atom. The van der Waals surface area contributed by atoms with Crippen LogP contribution in [0.1, 0.15) is 11.4 Å². The van der Waals surface area contributed by atoms with Gasteiger partial charge in [0.1, 0.15) is 12.1 Å². The zero-order chi connectivity index (χ0) is 12.4. The van der Waals surface area contributed by atoms with Crippen LogP contribution in [0.4, 0.5) is 0 Å². The fourth-order valence-electron chi connectivity index (χ4n) is 1.99. The molecule has 0 atom stereocenters. The number of fused-ring (bicyclic) bond motifs is 1. The summed E-state index contributed by atoms with van der Waals surface area (Å²) in [5.41, 5.74) is 2.88. The number of rotatable bonds is 3. The van der Waals surface area contributed by atoms with Crippen LogP contribution in [0.25, 0.3) is 11.0 Å². The second kappa shape index (κ2) is 4.34. The van der Waals surface area contributed by atoms with E-state index in [1.807, 2.05) is 28.8 Å². The highest BCUT2D eigenvalue weighted by atomic mass is 16.5. The minimum Gasteiger partial charge on any atom is -0.364 e. The molecule has 0 bridgehead atoms. The average Bonchev–Trinajstić information content (AvgIpc) is 3.00. The van der Waals surface area contributed by atoms with Crippen LogP contribution in [0.15, 0.2) is 41.2 Å². The Morgan fingerprint density at radius 3 is 3.00 bits per heavy atom. The predicted octanol–water partition coefficient (Wildman–Crippen LogP) is 2.14. The van der Waals surface area contributed by atoms with Crippen molar-refractivity contribution >= 4 is 11.0 Å². The standard InChI is InChI=1S/C13H10N4O/c14-6-5-13-16-11-3-1-2-4-12(11)17(13)8-10-7-15-18-9-10/h1-4,7,9H,5,8H2. The molecule has 0 fully saturated rings. The largest absolute Gasteiger partial charge is 0.364 e. The first-order chi connectivity index (χ1) is 8.88. The zero-order valence-corrected chi connectivity index (χ0v) is 9.58. The summed E-state index contributed by atoms with van der Waals surface area (Å²) < 4.78 is 6.85. The summed E-state index contributed by atoms with van der Waals surface area (Å²) in [6.45, 7) is 0.612. The van der Waals surface area contributed by atoms with Gasteiger partial charge in [0.2, 0.25) is 0 Å². The minimum atomic E-state index is 0.292. The number of benzene rings is 1. The lowest BCUT2D eigenvalue weighted by atomic mass is 10.3. The molecule has 2 aromatic heterocycles. The van der Waals surface area contributed by atoms with E-state index < -0.39 is 0 Å². The van der Waals surface area contributed by atoms with Crippen LogP contribution in [0.5, 0.6) is 0 Å². The molecule has 0 saturated heterocycles. The molecule has 1 aromatic carbocycles. The third-order valence-corrected chi connectivity index (χ3v) is 2.79. The number of para-hydroxylation sites is 2. The zero-order valence-electron chi connectivity index (χ0n) is 9.58. The molecule has 0 unspecified atom stereocenters. The summed E-state index contributed by atoms with van der Waals surface area (Å²) in [5.74, 6) is 0.764. The van der Waals surface area contributed by atoms with Gasteiger partial charge in [-0.25, -0.2) is 4.98 Å². The van der Waals surface area contributed by atoms with Crippen molar-refractivity contribution in [1.29, 1.82) is 5.26 Å². The van der Waals surface area contributed by atoms with E-state index in [-0.39, 0.29) is 0 Å². The molecule has 3 rings (SSSR count). The summed E-state index contributed by atoms with van der Waals surface area (Å²) in [6.07, 6.45) is 3.57. The highest BCUT2D eigenvalue weighted by Crippen LogP contribution is 2.18. The maximum Gasteiger partial charge on any atom is 0.128 e. The maximum atomic E-state index is 8.86. The number of hydrogen-bond acceptors (Lipinski definition) is 4. The predicted molar refractivity (Wildman–Crippen MR) is 64.7 cm³/mol. The Balaban J connectivity index is 2.12. The summed E-state index contributed by atoms with van der Waals surface area (Å²) >= 11 is 0. The van der Waals surface area contributed by atoms with E-state index in [9.17, 15) is 0 Å². The van der Waals surface area contributed by atoms with E-state index in [2.05, 4.69) is 16.2 Å². The van der Waals surface area contributed by atoms with Crippen molar-refractivity contribution in [2.24, 2.45) is 0 Å². The summed E-state index contributed by atoms with van der Waals surface area (Å²) in [5, 5.41) is 12.5. The van der Waals surface area contributed by atoms with Gasteiger partial charge in [-0.05, 0) is 12.1 Å². The van der Waals surface area contributed by atoms with Crippen LogP contribution in [-0.4, -0.2) is 14.7 Å². The van der Waals surface area contributed by atoms with E-state index in [0.717, 1.165) is 22.4 Å². The topological polar surface area (TPSA) is 67.6 Å². The maximum absolute atomic E-state index is 8.86. The fourth-order valence-corrected chi connectivity index (χ4v) is 1.99. The Labute approximate surface area is 103 Å². The Kier molecular flexibility index (Phi) is 2.54. The molecule has 0 spiro atoms. The van der Waals surface area contributed by atoms with Crippen LogP contribution in [-0.2, 0) is 13.0 Å². The van der Waals surface area contributed by atoms with Gasteiger partial charge < -0.3 is 9.09 Å². The monoisotopic (exact) mass is 238 g/mol. The van der Waals surface area contributed by atoms with E-state index in [1.165, 1.54) is 0 Å². The van der Waals surface area contributed by atoms with Gasteiger partial charge in [-0.15, -0.1) is 0 Å². The van der Waals surface area contributed by atoms with E-state index in [4.69, 9.17) is 9.78 Å². The van der Waals surface area contributed by atoms with Gasteiger partial charge in [-0.2, -0.15) is 5.26 Å². The molecule has 0 amide bonds. The molecule has 0 aliphatic heterocycles. The first-order valence-electron chi connectivity index (χ1n) is 5.58. The second-order valence-corrected chi connectivity index (χ2v) is 3.97. The van der Waals surface area contributed by atoms with Gasteiger partial charge in [0.05, 0.1) is 36.3 Å². The van der Waals surface area contributed by atoms with Gasteiger partial charge in [-0.1, -0.05) is 17.3 Å². The second-order valence-electron chi connectivity index (χ2n) is 3.97. The molecule has 5 heteroatoms. The van der Waals surface area contributed by atoms with E-state index in [1.54, 1.807) is 12.5 Å². The highest BCUT2D eigenvalue weighted by molar-refractivity contribution is 5.76. The summed E-state index contributed by atoms with van der Waals surface area (Å²) in [7, 11) is 0. The van der Waals surface area contributed by atoms with Crippen molar-refractivity contribution in [1.82, 2.24) is 14.7 Å². The lowest BCUT2D eigenvalue weighted by Gasteiger charge is -2.04. The Morgan fingerprint density at radius 2 is 2.22 bits per heavy atom. The highest BCUT2D eigenvalue weighted by Gasteiger charge is 2.10. The molecule has 5 nitrogen and oxygen atoms in total. The SMILES string of the molecule is N#CCc1nc2ccccc2n1Cc1cnoc1. The Hall–Kier alpha value is -2.61. The molecule has 0 radical (unpaired) electrons. The van der Waals surface area contributed by atoms with Crippen molar-refractivity contribution < 1.29 is 4.52 Å². The number of nitrogens with zero attached hydrogens (tertiary/aromatic N) is 4. The van der Waals surface area contributed by atoms with Gasteiger partial charge in [0, 0.05) is 5.56 Å². The molecular formula is C13H10N4O. The van der Waals surface area contributed by atoms with Crippen molar-refractivity contribution in [3.63, 3.8) is 0 Å². The van der Waals surface area contributed by atoms with Crippen molar-refractivity contribution in [3.8, 4) is 6.07 Å². The first kappa shape index (κ1) is 10.5. The molecule has 2 heterocycles. The average molecular weight is 238 g/mol. The lowest BCUT2D eigenvalue weighted by molar-refractivity contribution is 0.418. The van der Waals surface area contributed by atoms with Crippen LogP contribution >= 0.6 is 0 Å². The smallest absolute Gasteiger partial charge is 0.128 e. The van der Waals surface area contributed by atoms with Gasteiger partial charge in [0.15, 0.2) is 0 Å². The van der Waals surface area contributed by atoms with Crippen LogP contribution in [0.3, 0.4) is 0 Å². The van der Waals surface area contributed by atoms with Gasteiger partial charge in [0.25, 0.3) is 0 Å². The molecule has 0 aliphatic rings. The number of aromatic nitrogens is 3. The molecule has 0 N–H and O–H groups in total. The molecule has 3 aromatic rings. The van der Waals surface area contributed by atoms with E-state index >= 15 is 0 Å². The fraction of sp³-hybridized carbons (Fsp3) is 0.154. The minimum absolute atomic E-state index is 0.292. The van der Waals surface area contributed by atoms with Crippen molar-refractivity contribution in [2.45, 2.75) is 13.0 Å². The summed E-state index contributed by atoms with van der Waals surface area (Å²) in [4.78, 5) is 4.47. The Bertz CT molecular complexity index is 706. The van der Waals surface area contributed by atoms with Crippen LogP contribution in [0.2, 0.25) is 0 Å². The molecule has 18 heavy (non-hydrogen) atoms. The van der Waals surface area contributed by atoms with Crippen LogP contribution < -0.4 is 0 Å². The third-order valence-electron chi connectivity index (χ3n) is 2.79. The normalized spacial score (nSPS) is 10.6. The van der Waals surface area contributed by atoms with Crippen molar-refractivity contribution in [3.05, 3.63) is 48.1 Å². The number of nitriles is 1. The summed E-state index contributed by atoms with van der Waals surface area (Å²) in [6, 6.07) is 9.99. The van der Waals surface area contributed by atoms with Crippen LogP contribution in [0, 0.1) is 11.3 Å². The molecule has 0 saturated carbocycles. The molecule has 88 valence electrons. The van der Waals surface area contributed by atoms with Crippen molar-refractivity contribution in [2.75, 3.05) is 0 Å². The molecule has 0 aliphatic carbocycles. The molecular weight excluding hydrogens is 228 g/mol. The van der Waals surface area contributed by atoms with Gasteiger partial charge in [-0.3, -0.25) is 0 Å². The lowest BCUT2D eigenvalue weighted by Crippen LogP contribution is -2.04. The van der Waals surface area contributed by atoms with Gasteiger partial charge >= 0.3 is 0 Å².